The summed E-state index contributed by atoms with van der Waals surface area (Å²) in [6.45, 7) is 4.31. The Bertz CT molecular complexity index is 981. The molecule has 1 saturated heterocycles. The van der Waals surface area contributed by atoms with Crippen molar-refractivity contribution in [2.24, 2.45) is 0 Å². The van der Waals surface area contributed by atoms with Gasteiger partial charge in [0, 0.05) is 24.0 Å². The van der Waals surface area contributed by atoms with E-state index in [0.717, 1.165) is 40.8 Å². The first kappa shape index (κ1) is 19.6. The van der Waals surface area contributed by atoms with E-state index < -0.39 is 0 Å². The Hall–Kier alpha value is -2.76. The van der Waals surface area contributed by atoms with Gasteiger partial charge in [-0.2, -0.15) is 0 Å². The number of pyridine rings is 1. The number of carbonyl (C=O) groups is 1. The van der Waals surface area contributed by atoms with Gasteiger partial charge in [0.2, 0.25) is 0 Å². The zero-order chi connectivity index (χ0) is 20.1. The number of rotatable bonds is 7. The number of nitrogens with zero attached hydrogens (tertiary/aromatic N) is 1. The van der Waals surface area contributed by atoms with Crippen molar-refractivity contribution in [1.82, 2.24) is 4.98 Å². The first-order valence-electron chi connectivity index (χ1n) is 10.0. The standard InChI is InChI=1S/C24H25NO4/c1-17-8-9-22-20(14-17)21(15-23(25-22)18-6-3-2-4-7-18)24(26)29-12-5-11-28-19-10-13-27-16-19/h2-4,6-9,14-15,19H,5,10-13,16H2,1H3. The molecule has 0 amide bonds. The zero-order valence-corrected chi connectivity index (χ0v) is 16.6. The van der Waals surface area contributed by atoms with Gasteiger partial charge in [0.15, 0.2) is 0 Å². The lowest BCUT2D eigenvalue weighted by Crippen LogP contribution is -2.15. The van der Waals surface area contributed by atoms with E-state index in [1.807, 2.05) is 61.5 Å². The fraction of sp³-hybridized carbons (Fsp3) is 0.333. The van der Waals surface area contributed by atoms with Crippen molar-refractivity contribution in [2.45, 2.75) is 25.9 Å². The van der Waals surface area contributed by atoms with E-state index >= 15 is 0 Å². The van der Waals surface area contributed by atoms with Crippen molar-refractivity contribution in [3.05, 3.63) is 65.7 Å². The van der Waals surface area contributed by atoms with Gasteiger partial charge < -0.3 is 14.2 Å². The van der Waals surface area contributed by atoms with E-state index in [0.29, 0.717) is 31.8 Å². The highest BCUT2D eigenvalue weighted by molar-refractivity contribution is 6.04. The van der Waals surface area contributed by atoms with Crippen molar-refractivity contribution >= 4 is 16.9 Å². The number of carbonyl (C=O) groups excluding carboxylic acids is 1. The van der Waals surface area contributed by atoms with Crippen LogP contribution in [0.3, 0.4) is 0 Å². The first-order valence-corrected chi connectivity index (χ1v) is 10.0. The second-order valence-corrected chi connectivity index (χ2v) is 7.29. The molecule has 0 N–H and O–H groups in total. The van der Waals surface area contributed by atoms with Crippen molar-refractivity contribution in [3.8, 4) is 11.3 Å². The maximum atomic E-state index is 12.9. The van der Waals surface area contributed by atoms with Crippen LogP contribution in [0, 0.1) is 6.92 Å². The monoisotopic (exact) mass is 391 g/mol. The molecule has 0 saturated carbocycles. The molecule has 0 bridgehead atoms. The minimum atomic E-state index is -0.329. The average Bonchev–Trinajstić information content (AvgIpc) is 3.27. The molecule has 150 valence electrons. The van der Waals surface area contributed by atoms with Crippen LogP contribution in [-0.2, 0) is 14.2 Å². The van der Waals surface area contributed by atoms with Crippen LogP contribution in [0.4, 0.5) is 0 Å². The van der Waals surface area contributed by atoms with Crippen molar-refractivity contribution in [1.29, 1.82) is 0 Å². The number of hydrogen-bond acceptors (Lipinski definition) is 5. The molecule has 0 radical (unpaired) electrons. The minimum absolute atomic E-state index is 0.172. The molecule has 1 aromatic heterocycles. The lowest BCUT2D eigenvalue weighted by atomic mass is 10.0. The molecule has 0 aliphatic carbocycles. The molecular weight excluding hydrogens is 366 g/mol. The minimum Gasteiger partial charge on any atom is -0.462 e. The molecule has 0 spiro atoms. The summed E-state index contributed by atoms with van der Waals surface area (Å²) < 4.78 is 16.6. The number of aryl methyl sites for hydroxylation is 1. The Morgan fingerprint density at radius 2 is 2.00 bits per heavy atom. The molecule has 1 aliphatic heterocycles. The largest absolute Gasteiger partial charge is 0.462 e. The fourth-order valence-electron chi connectivity index (χ4n) is 3.46. The van der Waals surface area contributed by atoms with Crippen molar-refractivity contribution in [3.63, 3.8) is 0 Å². The first-order chi connectivity index (χ1) is 14.2. The predicted molar refractivity (Wildman–Crippen MR) is 112 cm³/mol. The van der Waals surface area contributed by atoms with Gasteiger partial charge in [-0.15, -0.1) is 0 Å². The molecule has 2 heterocycles. The predicted octanol–water partition coefficient (Wildman–Crippen LogP) is 4.56. The Morgan fingerprint density at radius 3 is 2.79 bits per heavy atom. The van der Waals surface area contributed by atoms with E-state index in [2.05, 4.69) is 0 Å². The summed E-state index contributed by atoms with van der Waals surface area (Å²) in [7, 11) is 0. The maximum absolute atomic E-state index is 12.9. The Morgan fingerprint density at radius 1 is 1.14 bits per heavy atom. The van der Waals surface area contributed by atoms with Crippen LogP contribution in [0.2, 0.25) is 0 Å². The molecular formula is C24H25NO4. The number of hydrogen-bond donors (Lipinski definition) is 0. The number of esters is 1. The summed E-state index contributed by atoms with van der Waals surface area (Å²) in [5.41, 5.74) is 4.14. The second-order valence-electron chi connectivity index (χ2n) is 7.29. The van der Waals surface area contributed by atoms with Crippen molar-refractivity contribution < 1.29 is 19.0 Å². The molecule has 2 aromatic carbocycles. The highest BCUT2D eigenvalue weighted by Gasteiger charge is 2.17. The lowest BCUT2D eigenvalue weighted by Gasteiger charge is -2.12. The van der Waals surface area contributed by atoms with Gasteiger partial charge in [0.1, 0.15) is 0 Å². The summed E-state index contributed by atoms with van der Waals surface area (Å²) in [5, 5.41) is 0.814. The molecule has 4 rings (SSSR count). The lowest BCUT2D eigenvalue weighted by molar-refractivity contribution is 0.0246. The van der Waals surface area contributed by atoms with Gasteiger partial charge in [-0.1, -0.05) is 42.0 Å². The summed E-state index contributed by atoms with van der Waals surface area (Å²) in [6, 6.07) is 17.6. The third kappa shape index (κ3) is 4.81. The van der Waals surface area contributed by atoms with Gasteiger partial charge in [-0.3, -0.25) is 0 Å². The highest BCUT2D eigenvalue weighted by Crippen LogP contribution is 2.26. The van der Waals surface area contributed by atoms with Crippen LogP contribution in [0.1, 0.15) is 28.8 Å². The maximum Gasteiger partial charge on any atom is 0.338 e. The van der Waals surface area contributed by atoms with Crippen LogP contribution >= 0.6 is 0 Å². The van der Waals surface area contributed by atoms with E-state index in [4.69, 9.17) is 19.2 Å². The number of aromatic nitrogens is 1. The van der Waals surface area contributed by atoms with Crippen molar-refractivity contribution in [2.75, 3.05) is 26.4 Å². The van der Waals surface area contributed by atoms with Crippen LogP contribution < -0.4 is 0 Å². The fourth-order valence-corrected chi connectivity index (χ4v) is 3.46. The quantitative estimate of drug-likeness (QED) is 0.436. The van der Waals surface area contributed by atoms with E-state index in [1.165, 1.54) is 0 Å². The summed E-state index contributed by atoms with van der Waals surface area (Å²) in [6.07, 6.45) is 1.77. The Kier molecular flexibility index (Phi) is 6.17. The summed E-state index contributed by atoms with van der Waals surface area (Å²) in [4.78, 5) is 17.6. The third-order valence-electron chi connectivity index (χ3n) is 5.02. The highest BCUT2D eigenvalue weighted by atomic mass is 16.5. The van der Waals surface area contributed by atoms with Gasteiger partial charge >= 0.3 is 5.97 Å². The molecule has 1 atom stereocenters. The summed E-state index contributed by atoms with van der Waals surface area (Å²) >= 11 is 0. The van der Waals surface area contributed by atoms with Gasteiger partial charge in [0.05, 0.1) is 42.7 Å². The van der Waals surface area contributed by atoms with Crippen LogP contribution in [0.5, 0.6) is 0 Å². The molecule has 1 fully saturated rings. The molecule has 29 heavy (non-hydrogen) atoms. The smallest absolute Gasteiger partial charge is 0.338 e. The normalized spacial score (nSPS) is 16.2. The van der Waals surface area contributed by atoms with Crippen LogP contribution in [0.25, 0.3) is 22.2 Å². The summed E-state index contributed by atoms with van der Waals surface area (Å²) in [5.74, 6) is -0.329. The van der Waals surface area contributed by atoms with Gasteiger partial charge in [-0.25, -0.2) is 9.78 Å². The molecule has 3 aromatic rings. The van der Waals surface area contributed by atoms with Gasteiger partial charge in [-0.05, 0) is 31.5 Å². The number of ether oxygens (including phenoxy) is 3. The second kappa shape index (κ2) is 9.16. The molecule has 5 heteroatoms. The molecule has 1 aliphatic rings. The van der Waals surface area contributed by atoms with Crippen LogP contribution in [-0.4, -0.2) is 43.5 Å². The van der Waals surface area contributed by atoms with E-state index in [-0.39, 0.29) is 12.1 Å². The Balaban J connectivity index is 1.49. The van der Waals surface area contributed by atoms with E-state index in [9.17, 15) is 4.79 Å². The van der Waals surface area contributed by atoms with E-state index in [1.54, 1.807) is 0 Å². The number of fused-ring (bicyclic) bond motifs is 1. The average molecular weight is 391 g/mol. The van der Waals surface area contributed by atoms with Crippen LogP contribution in [0.15, 0.2) is 54.6 Å². The zero-order valence-electron chi connectivity index (χ0n) is 16.6. The topological polar surface area (TPSA) is 57.7 Å². The SMILES string of the molecule is Cc1ccc2nc(-c3ccccc3)cc(C(=O)OCCCOC3CCOC3)c2c1. The Labute approximate surface area is 170 Å². The number of benzene rings is 2. The van der Waals surface area contributed by atoms with Gasteiger partial charge in [0.25, 0.3) is 0 Å². The molecule has 1 unspecified atom stereocenters. The molecule has 5 nitrogen and oxygen atoms in total. The third-order valence-corrected chi connectivity index (χ3v) is 5.02.